The quantitative estimate of drug-likeness (QED) is 0.460. The van der Waals surface area contributed by atoms with Crippen molar-refractivity contribution in [2.24, 2.45) is 0 Å². The van der Waals surface area contributed by atoms with Crippen LogP contribution >= 0.6 is 0 Å². The van der Waals surface area contributed by atoms with Crippen LogP contribution in [0.25, 0.3) is 0 Å². The van der Waals surface area contributed by atoms with Gasteiger partial charge in [-0.25, -0.2) is 8.78 Å². The monoisotopic (exact) mass is 476 g/mol. The van der Waals surface area contributed by atoms with E-state index in [0.29, 0.717) is 30.5 Å². The van der Waals surface area contributed by atoms with Crippen molar-refractivity contribution in [2.45, 2.75) is 31.9 Å². The van der Waals surface area contributed by atoms with E-state index in [2.05, 4.69) is 15.3 Å². The molecule has 0 saturated carbocycles. The average Bonchev–Trinajstić information content (AvgIpc) is 3.29. The highest BCUT2D eigenvalue weighted by molar-refractivity contribution is 6.04. The van der Waals surface area contributed by atoms with Gasteiger partial charge in [0.2, 0.25) is 0 Å². The average molecular weight is 476 g/mol. The summed E-state index contributed by atoms with van der Waals surface area (Å²) in [6.07, 6.45) is -1.87. The van der Waals surface area contributed by atoms with Gasteiger partial charge >= 0.3 is 6.18 Å². The van der Waals surface area contributed by atoms with Crippen molar-refractivity contribution in [1.29, 1.82) is 0 Å². The van der Waals surface area contributed by atoms with Gasteiger partial charge in [-0.15, -0.1) is 0 Å². The number of hydrogen-bond acceptors (Lipinski definition) is 4. The molecule has 0 aliphatic carbocycles. The summed E-state index contributed by atoms with van der Waals surface area (Å²) < 4.78 is 64.8. The molecule has 1 amide bonds. The van der Waals surface area contributed by atoms with E-state index in [1.54, 1.807) is 24.4 Å². The molecule has 10 heteroatoms. The van der Waals surface area contributed by atoms with Crippen LogP contribution in [0.1, 0.15) is 51.4 Å². The van der Waals surface area contributed by atoms with Crippen molar-refractivity contribution in [3.05, 3.63) is 82.9 Å². The van der Waals surface area contributed by atoms with E-state index in [0.717, 1.165) is 36.0 Å². The minimum Gasteiger partial charge on any atom is -0.370 e. The molecule has 5 nitrogen and oxygen atoms in total. The van der Waals surface area contributed by atoms with Gasteiger partial charge in [0.05, 0.1) is 29.3 Å². The molecule has 4 rings (SSSR count). The minimum atomic E-state index is -4.57. The Morgan fingerprint density at radius 3 is 2.59 bits per heavy atom. The summed E-state index contributed by atoms with van der Waals surface area (Å²) in [5, 5.41) is 2.47. The Hall–Kier alpha value is -3.56. The summed E-state index contributed by atoms with van der Waals surface area (Å²) in [6, 6.07) is 7.39. The molecule has 0 radical (unpaired) electrons. The summed E-state index contributed by atoms with van der Waals surface area (Å²) in [6.45, 7) is 3.12. The van der Waals surface area contributed by atoms with Crippen LogP contribution in [-0.2, 0) is 6.18 Å². The number of benzene rings is 1. The zero-order valence-corrected chi connectivity index (χ0v) is 18.1. The van der Waals surface area contributed by atoms with Crippen molar-refractivity contribution >= 4 is 17.3 Å². The van der Waals surface area contributed by atoms with Gasteiger partial charge < -0.3 is 10.2 Å². The van der Waals surface area contributed by atoms with Gasteiger partial charge in [-0.05, 0) is 48.7 Å². The third-order valence-electron chi connectivity index (χ3n) is 5.86. The summed E-state index contributed by atoms with van der Waals surface area (Å²) in [5.41, 5.74) is 1.66. The number of hydrogen-bond donors (Lipinski definition) is 1. The zero-order valence-electron chi connectivity index (χ0n) is 18.1. The lowest BCUT2D eigenvalue weighted by atomic mass is 9.92. The van der Waals surface area contributed by atoms with Crippen LogP contribution in [0, 0.1) is 6.92 Å². The highest BCUT2D eigenvalue weighted by atomic mass is 19.4. The van der Waals surface area contributed by atoms with Crippen molar-refractivity contribution in [1.82, 2.24) is 9.97 Å². The Bertz CT molecular complexity index is 1200. The van der Waals surface area contributed by atoms with Crippen LogP contribution in [-0.4, -0.2) is 29.0 Å². The van der Waals surface area contributed by atoms with Gasteiger partial charge in [0.15, 0.2) is 0 Å². The lowest BCUT2D eigenvalue weighted by molar-refractivity contribution is -0.137. The smallest absolute Gasteiger partial charge is 0.370 e. The minimum absolute atomic E-state index is 0.0539. The summed E-state index contributed by atoms with van der Waals surface area (Å²) in [7, 11) is 0. The first-order valence-corrected chi connectivity index (χ1v) is 10.5. The van der Waals surface area contributed by atoms with Crippen molar-refractivity contribution in [3.63, 3.8) is 0 Å². The predicted molar refractivity (Wildman–Crippen MR) is 117 cm³/mol. The molecule has 1 fully saturated rings. The van der Waals surface area contributed by atoms with E-state index < -0.39 is 24.1 Å². The lowest BCUT2D eigenvalue weighted by Gasteiger charge is -2.20. The molecule has 178 valence electrons. The molecule has 3 heterocycles. The molecule has 1 atom stereocenters. The van der Waals surface area contributed by atoms with Crippen LogP contribution in [0.3, 0.4) is 0 Å². The van der Waals surface area contributed by atoms with E-state index in [9.17, 15) is 26.7 Å². The first kappa shape index (κ1) is 23.6. The molecule has 0 bridgehead atoms. The second-order valence-electron chi connectivity index (χ2n) is 8.19. The fourth-order valence-corrected chi connectivity index (χ4v) is 4.07. The highest BCUT2D eigenvalue weighted by Crippen LogP contribution is 2.34. The second kappa shape index (κ2) is 9.36. The number of amides is 1. The van der Waals surface area contributed by atoms with Gasteiger partial charge in [-0.2, -0.15) is 13.2 Å². The number of aromatic nitrogens is 2. The summed E-state index contributed by atoms with van der Waals surface area (Å²) in [5.74, 6) is -0.496. The van der Waals surface area contributed by atoms with Crippen molar-refractivity contribution in [2.75, 3.05) is 23.3 Å². The van der Waals surface area contributed by atoms with E-state index in [-0.39, 0.29) is 17.2 Å². The third kappa shape index (κ3) is 5.16. The lowest BCUT2D eigenvalue weighted by Crippen LogP contribution is -2.20. The number of alkyl halides is 5. The molecule has 1 N–H and O–H groups in total. The number of pyridine rings is 2. The van der Waals surface area contributed by atoms with Crippen molar-refractivity contribution in [3.8, 4) is 0 Å². The second-order valence-corrected chi connectivity index (χ2v) is 8.19. The number of halogens is 5. The van der Waals surface area contributed by atoms with Crippen LogP contribution < -0.4 is 10.2 Å². The number of aryl methyl sites for hydroxylation is 1. The molecule has 1 saturated heterocycles. The van der Waals surface area contributed by atoms with Gasteiger partial charge in [0, 0.05) is 42.5 Å². The zero-order chi connectivity index (χ0) is 24.5. The van der Waals surface area contributed by atoms with Crippen molar-refractivity contribution < 1.29 is 26.7 Å². The maximum atomic E-state index is 13.0. The van der Waals surface area contributed by atoms with E-state index in [1.807, 2.05) is 11.8 Å². The Kier molecular flexibility index (Phi) is 6.49. The predicted octanol–water partition coefficient (Wildman–Crippen LogP) is 5.99. The maximum Gasteiger partial charge on any atom is 0.417 e. The maximum absolute atomic E-state index is 13.0. The van der Waals surface area contributed by atoms with Gasteiger partial charge in [0.25, 0.3) is 12.3 Å². The van der Waals surface area contributed by atoms with Crippen LogP contribution in [0.2, 0.25) is 0 Å². The Labute approximate surface area is 192 Å². The number of rotatable bonds is 5. The van der Waals surface area contributed by atoms with Crippen LogP contribution in [0.5, 0.6) is 0 Å². The topological polar surface area (TPSA) is 58.1 Å². The molecular formula is C24H21F5N4O. The third-order valence-corrected chi connectivity index (χ3v) is 5.86. The largest absolute Gasteiger partial charge is 0.417 e. The first-order valence-electron chi connectivity index (χ1n) is 10.5. The molecule has 1 aromatic carbocycles. The van der Waals surface area contributed by atoms with Crippen LogP contribution in [0.15, 0.2) is 55.1 Å². The highest BCUT2D eigenvalue weighted by Gasteiger charge is 2.31. The molecule has 2 aromatic heterocycles. The fraction of sp³-hybridized carbons (Fsp3) is 0.292. The number of carbonyl (C=O) groups is 1. The summed E-state index contributed by atoms with van der Waals surface area (Å²) in [4.78, 5) is 22.2. The molecule has 1 aliphatic heterocycles. The first-order chi connectivity index (χ1) is 16.1. The van der Waals surface area contributed by atoms with E-state index in [4.69, 9.17) is 0 Å². The number of nitrogens with zero attached hydrogens (tertiary/aromatic N) is 3. The molecule has 3 aromatic rings. The fourth-order valence-electron chi connectivity index (χ4n) is 4.07. The SMILES string of the molecule is Cc1ccc(C(=O)Nc2cncc(C(F)(F)F)c2)cc1[C@@H]1CCN(c2cncc(C(F)F)c2)C1. The Morgan fingerprint density at radius 2 is 1.85 bits per heavy atom. The number of nitrogens with one attached hydrogen (secondary N) is 1. The van der Waals surface area contributed by atoms with Crippen LogP contribution in [0.4, 0.5) is 33.3 Å². The molecule has 0 unspecified atom stereocenters. The van der Waals surface area contributed by atoms with E-state index in [1.165, 1.54) is 6.07 Å². The number of anilines is 2. The molecule has 34 heavy (non-hydrogen) atoms. The van der Waals surface area contributed by atoms with Gasteiger partial charge in [-0.3, -0.25) is 14.8 Å². The normalized spacial score (nSPS) is 16.2. The number of carbonyl (C=O) groups excluding carboxylic acids is 1. The Balaban J connectivity index is 1.50. The van der Waals surface area contributed by atoms with Gasteiger partial charge in [0.1, 0.15) is 0 Å². The van der Waals surface area contributed by atoms with E-state index >= 15 is 0 Å². The Morgan fingerprint density at radius 1 is 1.09 bits per heavy atom. The standard InChI is InChI=1S/C24H21F5N4O/c1-14-2-3-15(23(34)32-19-8-18(10-31-11-19)24(27,28)29)7-21(14)16-4-5-33(13-16)20-6-17(22(25)26)9-30-12-20/h2-3,6-12,16,22H,4-5,13H2,1H3,(H,32,34)/t16-/m1/s1. The molecule has 0 spiro atoms. The summed E-state index contributed by atoms with van der Waals surface area (Å²) >= 11 is 0. The molecular weight excluding hydrogens is 455 g/mol. The molecule has 1 aliphatic rings. The van der Waals surface area contributed by atoms with Gasteiger partial charge in [-0.1, -0.05) is 6.07 Å².